The zero-order valence-electron chi connectivity index (χ0n) is 11.1. The summed E-state index contributed by atoms with van der Waals surface area (Å²) in [5.41, 5.74) is -0.272. The molecule has 3 nitrogen and oxygen atoms in total. The Morgan fingerprint density at radius 2 is 1.73 bits per heavy atom. The number of benzene rings is 1. The first-order chi connectivity index (χ1) is 10.3. The number of halogens is 5. The van der Waals surface area contributed by atoms with Gasteiger partial charge in [0, 0.05) is 10.7 Å². The highest BCUT2D eigenvalue weighted by Crippen LogP contribution is 2.39. The van der Waals surface area contributed by atoms with E-state index >= 15 is 0 Å². The van der Waals surface area contributed by atoms with E-state index in [0.29, 0.717) is 16.3 Å². The number of hydrogen-bond donors (Lipinski definition) is 0. The van der Waals surface area contributed by atoms with Gasteiger partial charge in [-0.1, -0.05) is 35.3 Å². The maximum atomic E-state index is 13.3. The summed E-state index contributed by atoms with van der Waals surface area (Å²) in [7, 11) is 0. The molecule has 0 aliphatic heterocycles. The van der Waals surface area contributed by atoms with Crippen LogP contribution in [0.15, 0.2) is 30.3 Å². The zero-order valence-corrected chi connectivity index (χ0v) is 12.6. The molecule has 0 atom stereocenters. The van der Waals surface area contributed by atoms with Gasteiger partial charge in [0.2, 0.25) is 0 Å². The Labute approximate surface area is 133 Å². The molecule has 0 N–H and O–H groups in total. The van der Waals surface area contributed by atoms with Crippen LogP contribution in [0.1, 0.15) is 11.4 Å². The summed E-state index contributed by atoms with van der Waals surface area (Å²) in [5.74, 6) is 0. The molecule has 3 aromatic rings. The van der Waals surface area contributed by atoms with E-state index in [0.717, 1.165) is 4.52 Å². The second kappa shape index (κ2) is 5.14. The van der Waals surface area contributed by atoms with E-state index in [1.165, 1.54) is 30.3 Å². The Kier molecular flexibility index (Phi) is 3.53. The van der Waals surface area contributed by atoms with Crippen LogP contribution in [0.5, 0.6) is 0 Å². The SMILES string of the molecule is Cc1cc(Cl)n2nc(C(F)(F)F)c(-c3ccc(Cl)cc3)c2n1. The third-order valence-corrected chi connectivity index (χ3v) is 3.60. The smallest absolute Gasteiger partial charge is 0.233 e. The second-order valence-corrected chi connectivity index (χ2v) is 5.51. The molecule has 0 fully saturated rings. The Morgan fingerprint density at radius 3 is 2.32 bits per heavy atom. The van der Waals surface area contributed by atoms with Crippen molar-refractivity contribution in [2.24, 2.45) is 0 Å². The minimum absolute atomic E-state index is 0.0552. The predicted molar refractivity (Wildman–Crippen MR) is 78.2 cm³/mol. The molecule has 0 unspecified atom stereocenters. The van der Waals surface area contributed by atoms with Gasteiger partial charge in [0.1, 0.15) is 5.15 Å². The van der Waals surface area contributed by atoms with Gasteiger partial charge in [-0.2, -0.15) is 18.3 Å². The maximum Gasteiger partial charge on any atom is 0.435 e. The van der Waals surface area contributed by atoms with Crippen LogP contribution in [0.2, 0.25) is 10.2 Å². The van der Waals surface area contributed by atoms with Gasteiger partial charge in [-0.15, -0.1) is 0 Å². The highest BCUT2D eigenvalue weighted by atomic mass is 35.5. The summed E-state index contributed by atoms with van der Waals surface area (Å²) in [4.78, 5) is 4.15. The van der Waals surface area contributed by atoms with Crippen molar-refractivity contribution in [2.75, 3.05) is 0 Å². The molecule has 22 heavy (non-hydrogen) atoms. The minimum Gasteiger partial charge on any atom is -0.233 e. The van der Waals surface area contributed by atoms with Gasteiger partial charge in [-0.05, 0) is 30.7 Å². The van der Waals surface area contributed by atoms with E-state index < -0.39 is 11.9 Å². The van der Waals surface area contributed by atoms with Crippen LogP contribution in [-0.2, 0) is 6.18 Å². The Balaban J connectivity index is 2.41. The summed E-state index contributed by atoms with van der Waals surface area (Å²) >= 11 is 11.8. The number of rotatable bonds is 1. The topological polar surface area (TPSA) is 30.2 Å². The van der Waals surface area contributed by atoms with Crippen molar-refractivity contribution in [3.63, 3.8) is 0 Å². The molecule has 0 amide bonds. The molecule has 0 radical (unpaired) electrons. The fourth-order valence-electron chi connectivity index (χ4n) is 2.17. The van der Waals surface area contributed by atoms with Crippen LogP contribution in [0, 0.1) is 6.92 Å². The van der Waals surface area contributed by atoms with E-state index in [1.54, 1.807) is 6.92 Å². The summed E-state index contributed by atoms with van der Waals surface area (Å²) in [6.07, 6.45) is -4.63. The van der Waals surface area contributed by atoms with Gasteiger partial charge in [0.15, 0.2) is 11.3 Å². The van der Waals surface area contributed by atoms with Crippen molar-refractivity contribution in [1.82, 2.24) is 14.6 Å². The van der Waals surface area contributed by atoms with E-state index in [2.05, 4.69) is 10.1 Å². The fourth-order valence-corrected chi connectivity index (χ4v) is 2.58. The highest BCUT2D eigenvalue weighted by molar-refractivity contribution is 6.30. The van der Waals surface area contributed by atoms with E-state index in [-0.39, 0.29) is 16.4 Å². The monoisotopic (exact) mass is 345 g/mol. The van der Waals surface area contributed by atoms with Crippen LogP contribution < -0.4 is 0 Å². The Bertz CT molecular complexity index is 854. The van der Waals surface area contributed by atoms with E-state index in [1.807, 2.05) is 0 Å². The number of aromatic nitrogens is 3. The molecule has 0 spiro atoms. The van der Waals surface area contributed by atoms with Crippen molar-refractivity contribution in [2.45, 2.75) is 13.1 Å². The molecule has 0 aliphatic carbocycles. The summed E-state index contributed by atoms with van der Waals surface area (Å²) < 4.78 is 40.9. The summed E-state index contributed by atoms with van der Waals surface area (Å²) in [5, 5.41) is 4.08. The number of hydrogen-bond acceptors (Lipinski definition) is 2. The summed E-state index contributed by atoms with van der Waals surface area (Å²) in [6.45, 7) is 1.65. The van der Waals surface area contributed by atoms with Gasteiger partial charge < -0.3 is 0 Å². The first-order valence-electron chi connectivity index (χ1n) is 6.16. The van der Waals surface area contributed by atoms with Crippen molar-refractivity contribution < 1.29 is 13.2 Å². The van der Waals surface area contributed by atoms with Crippen LogP contribution >= 0.6 is 23.2 Å². The number of aryl methyl sites for hydroxylation is 1. The molecular weight excluding hydrogens is 338 g/mol. The van der Waals surface area contributed by atoms with Crippen molar-refractivity contribution in [3.8, 4) is 11.1 Å². The van der Waals surface area contributed by atoms with Gasteiger partial charge in [-0.3, -0.25) is 0 Å². The maximum absolute atomic E-state index is 13.3. The first kappa shape index (κ1) is 15.1. The van der Waals surface area contributed by atoms with Crippen molar-refractivity contribution in [1.29, 1.82) is 0 Å². The average molecular weight is 346 g/mol. The molecule has 0 bridgehead atoms. The lowest BCUT2D eigenvalue weighted by Crippen LogP contribution is -2.07. The molecule has 8 heteroatoms. The summed E-state index contributed by atoms with van der Waals surface area (Å²) in [6, 6.07) is 7.46. The van der Waals surface area contributed by atoms with Gasteiger partial charge in [0.05, 0.1) is 5.56 Å². The lowest BCUT2D eigenvalue weighted by molar-refractivity contribution is -0.140. The normalized spacial score (nSPS) is 12.1. The Morgan fingerprint density at radius 1 is 1.09 bits per heavy atom. The second-order valence-electron chi connectivity index (χ2n) is 4.68. The van der Waals surface area contributed by atoms with Gasteiger partial charge in [-0.25, -0.2) is 9.50 Å². The van der Waals surface area contributed by atoms with Crippen LogP contribution in [0.4, 0.5) is 13.2 Å². The van der Waals surface area contributed by atoms with E-state index in [4.69, 9.17) is 23.2 Å². The largest absolute Gasteiger partial charge is 0.435 e. The molecule has 2 heterocycles. The fraction of sp³-hybridized carbons (Fsp3) is 0.143. The lowest BCUT2D eigenvalue weighted by Gasteiger charge is -2.06. The van der Waals surface area contributed by atoms with Gasteiger partial charge >= 0.3 is 6.18 Å². The standard InChI is InChI=1S/C14H8Cl2F3N3/c1-7-6-10(16)22-13(20-7)11(12(21-22)14(17,18)19)8-2-4-9(15)5-3-8/h2-6H,1H3. The van der Waals surface area contributed by atoms with Crippen molar-refractivity contribution in [3.05, 3.63) is 51.9 Å². The quantitative estimate of drug-likeness (QED) is 0.579. The molecule has 2 aromatic heterocycles. The van der Waals surface area contributed by atoms with Crippen LogP contribution in [0.25, 0.3) is 16.8 Å². The third kappa shape index (κ3) is 2.53. The third-order valence-electron chi connectivity index (χ3n) is 3.08. The van der Waals surface area contributed by atoms with Gasteiger partial charge in [0.25, 0.3) is 0 Å². The first-order valence-corrected chi connectivity index (χ1v) is 6.92. The lowest BCUT2D eigenvalue weighted by atomic mass is 10.1. The highest BCUT2D eigenvalue weighted by Gasteiger charge is 2.39. The Hall–Kier alpha value is -1.79. The predicted octanol–water partition coefficient (Wildman–Crippen LogP) is 5.03. The molecule has 114 valence electrons. The molecule has 0 aliphatic rings. The molecule has 0 saturated carbocycles. The molecular formula is C14H8Cl2F3N3. The molecule has 1 aromatic carbocycles. The van der Waals surface area contributed by atoms with Crippen molar-refractivity contribution >= 4 is 28.8 Å². The zero-order chi connectivity index (χ0) is 16.1. The number of nitrogens with zero attached hydrogens (tertiary/aromatic N) is 3. The average Bonchev–Trinajstić information content (AvgIpc) is 2.79. The van der Waals surface area contributed by atoms with E-state index in [9.17, 15) is 13.2 Å². The number of alkyl halides is 3. The van der Waals surface area contributed by atoms with Crippen LogP contribution in [0.3, 0.4) is 0 Å². The minimum atomic E-state index is -4.63. The molecule has 0 saturated heterocycles. The molecule has 3 rings (SSSR count). The van der Waals surface area contributed by atoms with Crippen LogP contribution in [-0.4, -0.2) is 14.6 Å². The number of fused-ring (bicyclic) bond motifs is 1.